The summed E-state index contributed by atoms with van der Waals surface area (Å²) in [4.78, 5) is 17.8. The first-order valence-corrected chi connectivity index (χ1v) is 11.7. The van der Waals surface area contributed by atoms with Gasteiger partial charge in [-0.2, -0.15) is 5.10 Å². The number of aromatic nitrogens is 2. The third kappa shape index (κ3) is 4.71. The van der Waals surface area contributed by atoms with Gasteiger partial charge < -0.3 is 19.6 Å². The van der Waals surface area contributed by atoms with Crippen LogP contribution in [0.25, 0.3) is 16.9 Å². The standard InChI is InChI=1S/C28H28N4O3/c1-20-9-11-22(12-10-20)32-19-26(27(29-32)21-5-3-8-25(17-21)35-2)28(34)31-15-13-30(14-16-31)23-6-4-7-24(33)18-23/h3-12,17-19,33H,13-16H2,1-2H3. The number of anilines is 1. The van der Waals surface area contributed by atoms with Crippen molar-refractivity contribution in [3.63, 3.8) is 0 Å². The Hall–Kier alpha value is -4.26. The number of phenols is 1. The molecule has 178 valence electrons. The molecule has 1 N–H and O–H groups in total. The SMILES string of the molecule is COc1cccc(-c2nn(-c3ccc(C)cc3)cc2C(=O)N2CCN(c3cccc(O)c3)CC2)c1. The summed E-state index contributed by atoms with van der Waals surface area (Å²) in [6.07, 6.45) is 1.82. The number of carbonyl (C=O) groups excluding carboxylic acids is 1. The second-order valence-electron chi connectivity index (χ2n) is 8.70. The lowest BCUT2D eigenvalue weighted by molar-refractivity contribution is 0.0747. The number of methoxy groups -OCH3 is 1. The number of ether oxygens (including phenoxy) is 1. The number of hydrogen-bond acceptors (Lipinski definition) is 5. The molecule has 1 aliphatic heterocycles. The fourth-order valence-electron chi connectivity index (χ4n) is 4.37. The van der Waals surface area contributed by atoms with Crippen LogP contribution in [0.4, 0.5) is 5.69 Å². The van der Waals surface area contributed by atoms with Gasteiger partial charge in [-0.05, 0) is 43.3 Å². The molecule has 1 amide bonds. The molecular weight excluding hydrogens is 440 g/mol. The van der Waals surface area contributed by atoms with Crippen LogP contribution in [0.3, 0.4) is 0 Å². The van der Waals surface area contributed by atoms with Crippen LogP contribution in [0.2, 0.25) is 0 Å². The normalized spacial score (nSPS) is 13.7. The van der Waals surface area contributed by atoms with Crippen molar-refractivity contribution < 1.29 is 14.6 Å². The van der Waals surface area contributed by atoms with E-state index in [4.69, 9.17) is 9.84 Å². The van der Waals surface area contributed by atoms with Gasteiger partial charge in [-0.3, -0.25) is 4.79 Å². The molecule has 0 aliphatic carbocycles. The highest BCUT2D eigenvalue weighted by atomic mass is 16.5. The van der Waals surface area contributed by atoms with Gasteiger partial charge in [-0.25, -0.2) is 4.68 Å². The van der Waals surface area contributed by atoms with Gasteiger partial charge in [0.15, 0.2) is 0 Å². The maximum atomic E-state index is 13.7. The average molecular weight is 469 g/mol. The Bertz CT molecular complexity index is 1340. The third-order valence-corrected chi connectivity index (χ3v) is 6.35. The summed E-state index contributed by atoms with van der Waals surface area (Å²) in [6, 6.07) is 22.9. The zero-order valence-electron chi connectivity index (χ0n) is 19.9. The minimum atomic E-state index is -0.0447. The molecule has 1 aromatic heterocycles. The van der Waals surface area contributed by atoms with Gasteiger partial charge in [0.25, 0.3) is 5.91 Å². The highest BCUT2D eigenvalue weighted by Crippen LogP contribution is 2.29. The molecule has 0 unspecified atom stereocenters. The van der Waals surface area contributed by atoms with Gasteiger partial charge in [-0.1, -0.05) is 35.9 Å². The Morgan fingerprint density at radius 2 is 1.66 bits per heavy atom. The number of benzene rings is 3. The number of aryl methyl sites for hydroxylation is 1. The lowest BCUT2D eigenvalue weighted by Crippen LogP contribution is -2.48. The van der Waals surface area contributed by atoms with E-state index in [9.17, 15) is 9.90 Å². The van der Waals surface area contributed by atoms with E-state index in [2.05, 4.69) is 4.90 Å². The van der Waals surface area contributed by atoms with E-state index in [1.807, 2.05) is 78.7 Å². The van der Waals surface area contributed by atoms with Crippen molar-refractivity contribution in [3.05, 3.63) is 90.1 Å². The highest BCUT2D eigenvalue weighted by Gasteiger charge is 2.27. The summed E-state index contributed by atoms with van der Waals surface area (Å²) >= 11 is 0. The van der Waals surface area contributed by atoms with Gasteiger partial charge in [0.1, 0.15) is 17.2 Å². The minimum Gasteiger partial charge on any atom is -0.508 e. The molecule has 35 heavy (non-hydrogen) atoms. The van der Waals surface area contributed by atoms with Crippen LogP contribution in [0, 0.1) is 6.92 Å². The highest BCUT2D eigenvalue weighted by molar-refractivity contribution is 6.00. The monoisotopic (exact) mass is 468 g/mol. The lowest BCUT2D eigenvalue weighted by atomic mass is 10.1. The molecule has 0 atom stereocenters. The number of amides is 1. The van der Waals surface area contributed by atoms with Crippen LogP contribution in [0.1, 0.15) is 15.9 Å². The van der Waals surface area contributed by atoms with Crippen molar-refractivity contribution in [2.45, 2.75) is 6.92 Å². The Balaban J connectivity index is 1.44. The molecule has 4 aromatic rings. The van der Waals surface area contributed by atoms with Gasteiger partial charge in [-0.15, -0.1) is 0 Å². The lowest BCUT2D eigenvalue weighted by Gasteiger charge is -2.36. The van der Waals surface area contributed by atoms with E-state index < -0.39 is 0 Å². The molecule has 0 spiro atoms. The molecule has 0 bridgehead atoms. The van der Waals surface area contributed by atoms with Gasteiger partial charge in [0.2, 0.25) is 0 Å². The molecule has 7 nitrogen and oxygen atoms in total. The molecular formula is C28H28N4O3. The fourth-order valence-corrected chi connectivity index (χ4v) is 4.37. The number of carbonyl (C=O) groups is 1. The summed E-state index contributed by atoms with van der Waals surface area (Å²) in [6.45, 7) is 4.59. The number of piperazine rings is 1. The van der Waals surface area contributed by atoms with Crippen LogP contribution < -0.4 is 9.64 Å². The van der Waals surface area contributed by atoms with Crippen molar-refractivity contribution >= 4 is 11.6 Å². The van der Waals surface area contributed by atoms with Crippen LogP contribution in [0.15, 0.2) is 79.0 Å². The van der Waals surface area contributed by atoms with Crippen molar-refractivity contribution in [2.75, 3.05) is 38.2 Å². The molecule has 0 saturated carbocycles. The van der Waals surface area contributed by atoms with Gasteiger partial charge in [0, 0.05) is 49.7 Å². The maximum Gasteiger partial charge on any atom is 0.257 e. The van der Waals surface area contributed by atoms with Gasteiger partial charge >= 0.3 is 0 Å². The summed E-state index contributed by atoms with van der Waals surface area (Å²) in [5.74, 6) is 0.912. The zero-order valence-corrected chi connectivity index (χ0v) is 19.9. The molecule has 5 rings (SSSR count). The summed E-state index contributed by atoms with van der Waals surface area (Å²) < 4.78 is 7.17. The Kier molecular flexibility index (Phi) is 6.14. The number of phenolic OH excluding ortho intramolecular Hbond substituents is 1. The largest absolute Gasteiger partial charge is 0.508 e. The van der Waals surface area contributed by atoms with Crippen molar-refractivity contribution in [3.8, 4) is 28.4 Å². The number of hydrogen-bond donors (Lipinski definition) is 1. The van der Waals surface area contributed by atoms with Crippen LogP contribution in [-0.2, 0) is 0 Å². The zero-order chi connectivity index (χ0) is 24.4. The first kappa shape index (κ1) is 22.5. The number of rotatable bonds is 5. The van der Waals surface area contributed by atoms with Crippen molar-refractivity contribution in [2.24, 2.45) is 0 Å². The molecule has 0 radical (unpaired) electrons. The summed E-state index contributed by atoms with van der Waals surface area (Å²) in [5, 5.41) is 14.6. The van der Waals surface area contributed by atoms with Crippen molar-refractivity contribution in [1.29, 1.82) is 0 Å². The van der Waals surface area contributed by atoms with E-state index in [0.29, 0.717) is 43.2 Å². The molecule has 1 saturated heterocycles. The second-order valence-corrected chi connectivity index (χ2v) is 8.70. The molecule has 1 fully saturated rings. The third-order valence-electron chi connectivity index (χ3n) is 6.35. The molecule has 7 heteroatoms. The van der Waals surface area contributed by atoms with E-state index in [0.717, 1.165) is 22.5 Å². The van der Waals surface area contributed by atoms with Gasteiger partial charge in [0.05, 0.1) is 18.4 Å². The Labute approximate surface area is 204 Å². The quantitative estimate of drug-likeness (QED) is 0.466. The van der Waals surface area contributed by atoms with E-state index in [1.165, 1.54) is 0 Å². The summed E-state index contributed by atoms with van der Waals surface area (Å²) in [5.41, 5.74) is 5.04. The Morgan fingerprint density at radius 1 is 0.914 bits per heavy atom. The van der Waals surface area contributed by atoms with E-state index in [1.54, 1.807) is 23.9 Å². The second kappa shape index (κ2) is 9.54. The van der Waals surface area contributed by atoms with Crippen molar-refractivity contribution in [1.82, 2.24) is 14.7 Å². The topological polar surface area (TPSA) is 70.8 Å². The Morgan fingerprint density at radius 3 is 2.37 bits per heavy atom. The minimum absolute atomic E-state index is 0.0447. The number of nitrogens with zero attached hydrogens (tertiary/aromatic N) is 4. The van der Waals surface area contributed by atoms with E-state index in [-0.39, 0.29) is 11.7 Å². The average Bonchev–Trinajstić information content (AvgIpc) is 3.34. The molecule has 3 aromatic carbocycles. The smallest absolute Gasteiger partial charge is 0.257 e. The van der Waals surface area contributed by atoms with Crippen LogP contribution >= 0.6 is 0 Å². The predicted octanol–water partition coefficient (Wildman–Crippen LogP) is 4.52. The number of aromatic hydroxyl groups is 1. The molecule has 2 heterocycles. The predicted molar refractivity (Wildman–Crippen MR) is 137 cm³/mol. The molecule has 1 aliphatic rings. The van der Waals surface area contributed by atoms with Crippen LogP contribution in [0.5, 0.6) is 11.5 Å². The van der Waals surface area contributed by atoms with E-state index >= 15 is 0 Å². The maximum absolute atomic E-state index is 13.7. The first-order chi connectivity index (χ1) is 17.0. The fraction of sp³-hybridized carbons (Fsp3) is 0.214. The first-order valence-electron chi connectivity index (χ1n) is 11.7. The van der Waals surface area contributed by atoms with Crippen LogP contribution in [-0.4, -0.2) is 59.0 Å². The summed E-state index contributed by atoms with van der Waals surface area (Å²) in [7, 11) is 1.63.